The van der Waals surface area contributed by atoms with E-state index in [1.54, 1.807) is 0 Å². The number of carbonyl (C=O) groups excluding carboxylic acids is 1. The fraction of sp³-hybridized carbons (Fsp3) is 0.545. The Morgan fingerprint density at radius 2 is 1.34 bits per heavy atom. The maximum absolute atomic E-state index is 11.3. The Hall–Kier alpha value is -2.19. The predicted molar refractivity (Wildman–Crippen MR) is 147 cm³/mol. The summed E-state index contributed by atoms with van der Waals surface area (Å²) in [6, 6.07) is 18.7. The molecule has 2 aliphatic carbocycles. The summed E-state index contributed by atoms with van der Waals surface area (Å²) in [4.78, 5) is 11.3. The average molecular weight is 473 g/mol. The lowest BCUT2D eigenvalue weighted by Gasteiger charge is -2.29. The largest absolute Gasteiger partial charge is 0.378 e. The van der Waals surface area contributed by atoms with Crippen molar-refractivity contribution in [2.45, 2.75) is 102 Å². The van der Waals surface area contributed by atoms with Crippen LogP contribution in [0.4, 0.5) is 0 Å². The monoisotopic (exact) mass is 472 g/mol. The molecule has 2 heteroatoms. The normalized spacial score (nSPS) is 24.7. The van der Waals surface area contributed by atoms with E-state index in [1.807, 2.05) is 0 Å². The zero-order valence-electron chi connectivity index (χ0n) is 21.7. The van der Waals surface area contributed by atoms with Crippen LogP contribution in [-0.2, 0) is 9.53 Å². The lowest BCUT2D eigenvalue weighted by molar-refractivity contribution is -0.115. The van der Waals surface area contributed by atoms with Crippen LogP contribution < -0.4 is 0 Å². The van der Waals surface area contributed by atoms with Gasteiger partial charge in [0.05, 0.1) is 6.10 Å². The maximum atomic E-state index is 11.3. The van der Waals surface area contributed by atoms with Gasteiger partial charge in [-0.05, 0) is 104 Å². The summed E-state index contributed by atoms with van der Waals surface area (Å²) < 4.78 is 6.02. The van der Waals surface area contributed by atoms with Gasteiger partial charge in [0.15, 0.2) is 5.78 Å². The quantitative estimate of drug-likeness (QED) is 0.241. The minimum atomic E-state index is 0.112. The van der Waals surface area contributed by atoms with E-state index in [2.05, 4.69) is 62.0 Å². The minimum absolute atomic E-state index is 0.112. The van der Waals surface area contributed by atoms with Gasteiger partial charge >= 0.3 is 0 Å². The van der Waals surface area contributed by atoms with Crippen molar-refractivity contribution in [3.05, 3.63) is 72.3 Å². The maximum Gasteiger partial charge on any atom is 0.155 e. The van der Waals surface area contributed by atoms with Crippen molar-refractivity contribution < 1.29 is 9.53 Å². The predicted octanol–water partition coefficient (Wildman–Crippen LogP) is 9.01. The Bertz CT molecular complexity index is 911. The molecule has 0 bridgehead atoms. The summed E-state index contributed by atoms with van der Waals surface area (Å²) >= 11 is 0. The highest BCUT2D eigenvalue weighted by Crippen LogP contribution is 2.38. The Morgan fingerprint density at radius 1 is 0.829 bits per heavy atom. The number of carbonyl (C=O) groups is 1. The number of hydrogen-bond acceptors (Lipinski definition) is 2. The van der Waals surface area contributed by atoms with Crippen molar-refractivity contribution in [3.63, 3.8) is 0 Å². The summed E-state index contributed by atoms with van der Waals surface area (Å²) in [5, 5.41) is 0. The highest BCUT2D eigenvalue weighted by molar-refractivity contribution is 5.88. The summed E-state index contributed by atoms with van der Waals surface area (Å²) in [7, 11) is 0. The van der Waals surface area contributed by atoms with Gasteiger partial charge in [0, 0.05) is 13.0 Å². The molecule has 2 fully saturated rings. The number of allylic oxidation sites excluding steroid dienone is 1. The molecule has 0 amide bonds. The van der Waals surface area contributed by atoms with Gasteiger partial charge in [0.1, 0.15) is 0 Å². The first kappa shape index (κ1) is 25.9. The topological polar surface area (TPSA) is 26.3 Å². The van der Waals surface area contributed by atoms with E-state index in [9.17, 15) is 4.79 Å². The molecule has 0 spiro atoms. The van der Waals surface area contributed by atoms with Crippen LogP contribution in [0.5, 0.6) is 0 Å². The fourth-order valence-corrected chi connectivity index (χ4v) is 6.25. The van der Waals surface area contributed by atoms with Gasteiger partial charge in [-0.3, -0.25) is 4.79 Å². The molecule has 0 unspecified atom stereocenters. The van der Waals surface area contributed by atoms with Crippen molar-refractivity contribution in [1.29, 1.82) is 0 Å². The van der Waals surface area contributed by atoms with Crippen molar-refractivity contribution in [2.75, 3.05) is 6.61 Å². The molecule has 2 nitrogen and oxygen atoms in total. The Balaban J connectivity index is 1.23. The van der Waals surface area contributed by atoms with E-state index < -0.39 is 0 Å². The van der Waals surface area contributed by atoms with Crippen molar-refractivity contribution in [3.8, 4) is 11.1 Å². The summed E-state index contributed by atoms with van der Waals surface area (Å²) in [6.45, 7) is 6.53. The molecule has 0 N–H and O–H groups in total. The Labute approximate surface area is 213 Å². The molecule has 0 atom stereocenters. The number of benzene rings is 2. The van der Waals surface area contributed by atoms with Crippen LogP contribution in [0.2, 0.25) is 0 Å². The first-order valence-electron chi connectivity index (χ1n) is 14.1. The van der Waals surface area contributed by atoms with E-state index >= 15 is 0 Å². The number of ether oxygens (including phenoxy) is 1. The van der Waals surface area contributed by atoms with E-state index in [1.165, 1.54) is 79.7 Å². The van der Waals surface area contributed by atoms with Gasteiger partial charge in [0.2, 0.25) is 0 Å². The van der Waals surface area contributed by atoms with Crippen LogP contribution >= 0.6 is 0 Å². The van der Waals surface area contributed by atoms with E-state index in [-0.39, 0.29) is 5.78 Å². The van der Waals surface area contributed by atoms with Crippen molar-refractivity contribution in [1.82, 2.24) is 0 Å². The highest BCUT2D eigenvalue weighted by Gasteiger charge is 2.23. The second kappa shape index (κ2) is 13.2. The van der Waals surface area contributed by atoms with E-state index in [0.29, 0.717) is 25.0 Å². The molecule has 4 rings (SSSR count). The van der Waals surface area contributed by atoms with Crippen LogP contribution in [0.3, 0.4) is 0 Å². The molecule has 2 aromatic carbocycles. The average Bonchev–Trinajstić information content (AvgIpc) is 2.92. The summed E-state index contributed by atoms with van der Waals surface area (Å²) in [6.07, 6.45) is 16.0. The van der Waals surface area contributed by atoms with Gasteiger partial charge in [-0.15, -0.1) is 0 Å². The molecule has 188 valence electrons. The SMILES string of the molecule is C=CC(=O)CCCOC1CCC(c2ccc(-c3ccc(C4CCC(CCC)CC4)cc3)cc2)CC1. The molecule has 0 radical (unpaired) electrons. The van der Waals surface area contributed by atoms with Crippen LogP contribution in [0.1, 0.15) is 107 Å². The lowest BCUT2D eigenvalue weighted by atomic mass is 9.77. The molecular formula is C33H44O2. The minimum Gasteiger partial charge on any atom is -0.378 e. The Morgan fingerprint density at radius 3 is 1.83 bits per heavy atom. The van der Waals surface area contributed by atoms with Crippen LogP contribution in [0.15, 0.2) is 61.2 Å². The molecule has 0 aromatic heterocycles. The second-order valence-electron chi connectivity index (χ2n) is 10.9. The number of hydrogen-bond donors (Lipinski definition) is 0. The molecule has 0 heterocycles. The highest BCUT2D eigenvalue weighted by atomic mass is 16.5. The third-order valence-electron chi connectivity index (χ3n) is 8.46. The Kier molecular flexibility index (Phi) is 9.77. The summed E-state index contributed by atoms with van der Waals surface area (Å²) in [5.41, 5.74) is 5.64. The van der Waals surface area contributed by atoms with Crippen LogP contribution in [0, 0.1) is 5.92 Å². The van der Waals surface area contributed by atoms with Crippen LogP contribution in [0.25, 0.3) is 11.1 Å². The molecule has 2 aromatic rings. The first-order chi connectivity index (χ1) is 17.2. The summed E-state index contributed by atoms with van der Waals surface area (Å²) in [5.74, 6) is 2.47. The molecule has 2 saturated carbocycles. The van der Waals surface area contributed by atoms with Gasteiger partial charge in [0.25, 0.3) is 0 Å². The molecular weight excluding hydrogens is 428 g/mol. The molecule has 0 saturated heterocycles. The molecule has 2 aliphatic rings. The van der Waals surface area contributed by atoms with Crippen molar-refractivity contribution in [2.24, 2.45) is 5.92 Å². The smallest absolute Gasteiger partial charge is 0.155 e. The third kappa shape index (κ3) is 7.40. The zero-order chi connectivity index (χ0) is 24.5. The van der Waals surface area contributed by atoms with Crippen molar-refractivity contribution >= 4 is 5.78 Å². The number of rotatable bonds is 11. The molecule has 0 aliphatic heterocycles. The first-order valence-corrected chi connectivity index (χ1v) is 14.1. The van der Waals surface area contributed by atoms with E-state index in [0.717, 1.165) is 31.1 Å². The zero-order valence-corrected chi connectivity index (χ0v) is 21.7. The van der Waals surface area contributed by atoms with Gasteiger partial charge < -0.3 is 4.74 Å². The van der Waals surface area contributed by atoms with Gasteiger partial charge in [-0.1, -0.05) is 74.9 Å². The van der Waals surface area contributed by atoms with Gasteiger partial charge in [-0.25, -0.2) is 0 Å². The number of ketones is 1. The standard InChI is InChI=1S/C33H44O2/c1-3-6-25-8-10-26(11-9-25)27-12-14-28(15-13-27)29-16-18-30(19-17-29)31-20-22-33(23-21-31)35-24-5-7-32(34)4-2/h4,12-19,25-26,31,33H,2-3,5-11,20-24H2,1H3. The lowest BCUT2D eigenvalue weighted by Crippen LogP contribution is -2.21. The third-order valence-corrected chi connectivity index (χ3v) is 8.46. The second-order valence-corrected chi connectivity index (χ2v) is 10.9. The fourth-order valence-electron chi connectivity index (χ4n) is 6.25. The molecule has 35 heavy (non-hydrogen) atoms. The van der Waals surface area contributed by atoms with Gasteiger partial charge in [-0.2, -0.15) is 0 Å². The van der Waals surface area contributed by atoms with Crippen LogP contribution in [-0.4, -0.2) is 18.5 Å². The van der Waals surface area contributed by atoms with E-state index in [4.69, 9.17) is 4.74 Å².